The van der Waals surface area contributed by atoms with Crippen LogP contribution in [0.2, 0.25) is 0 Å². The largest absolute Gasteiger partial charge is 0.375 e. The summed E-state index contributed by atoms with van der Waals surface area (Å²) in [6.45, 7) is 5.48. The first kappa shape index (κ1) is 10.1. The van der Waals surface area contributed by atoms with Crippen LogP contribution in [0.25, 0.3) is 0 Å². The van der Waals surface area contributed by atoms with E-state index in [0.717, 1.165) is 0 Å². The maximum Gasteiger partial charge on any atom is 0.262 e. The number of hydrogen-bond donors (Lipinski definition) is 2. The monoisotopic (exact) mass is 206 g/mol. The van der Waals surface area contributed by atoms with Gasteiger partial charge in [0.1, 0.15) is 5.82 Å². The molecule has 0 aromatic carbocycles. The summed E-state index contributed by atoms with van der Waals surface area (Å²) in [5.41, 5.74) is -1.50. The maximum atomic E-state index is 11.8. The van der Waals surface area contributed by atoms with Crippen molar-refractivity contribution < 1.29 is 9.90 Å². The molecular formula is C11H14N2O2. The van der Waals surface area contributed by atoms with E-state index in [0.29, 0.717) is 11.4 Å². The Morgan fingerprint density at radius 1 is 1.47 bits per heavy atom. The average molecular weight is 206 g/mol. The lowest BCUT2D eigenvalue weighted by atomic mass is 9.73. The van der Waals surface area contributed by atoms with Gasteiger partial charge in [0.05, 0.1) is 0 Å². The Morgan fingerprint density at radius 2 is 2.13 bits per heavy atom. The van der Waals surface area contributed by atoms with Gasteiger partial charge in [-0.15, -0.1) is 0 Å². The number of nitrogens with zero attached hydrogens (tertiary/aromatic N) is 1. The smallest absolute Gasteiger partial charge is 0.262 e. The van der Waals surface area contributed by atoms with Crippen molar-refractivity contribution in [3.8, 4) is 0 Å². The molecule has 1 aromatic heterocycles. The van der Waals surface area contributed by atoms with Crippen LogP contribution in [0, 0.1) is 5.41 Å². The number of anilines is 1. The summed E-state index contributed by atoms with van der Waals surface area (Å²) in [4.78, 5) is 15.8. The molecule has 15 heavy (non-hydrogen) atoms. The molecule has 0 bridgehead atoms. The van der Waals surface area contributed by atoms with E-state index in [1.807, 2.05) is 20.8 Å². The van der Waals surface area contributed by atoms with Crippen LogP contribution in [0.1, 0.15) is 26.3 Å². The number of pyridine rings is 1. The second-order valence-electron chi connectivity index (χ2n) is 4.81. The van der Waals surface area contributed by atoms with Gasteiger partial charge < -0.3 is 10.4 Å². The van der Waals surface area contributed by atoms with Gasteiger partial charge in [-0.3, -0.25) is 4.79 Å². The second kappa shape index (κ2) is 2.79. The van der Waals surface area contributed by atoms with Crippen molar-refractivity contribution in [1.29, 1.82) is 0 Å². The third-order valence-electron chi connectivity index (χ3n) is 2.84. The standard InChI is InChI=1S/C11H14N2O2/c1-10(2,3)11(15)7-5-4-6-12-8(7)13-9(11)14/h4-6,15H,1-3H3,(H,12,13,14)/t11-/m0/s1. The summed E-state index contributed by atoms with van der Waals surface area (Å²) in [6.07, 6.45) is 1.59. The lowest BCUT2D eigenvalue weighted by Gasteiger charge is -2.34. The zero-order valence-corrected chi connectivity index (χ0v) is 9.03. The summed E-state index contributed by atoms with van der Waals surface area (Å²) in [5, 5.41) is 13.1. The molecule has 0 spiro atoms. The number of carbonyl (C=O) groups is 1. The molecule has 0 unspecified atom stereocenters. The van der Waals surface area contributed by atoms with E-state index >= 15 is 0 Å². The minimum atomic E-state index is -1.49. The van der Waals surface area contributed by atoms with Gasteiger partial charge in [-0.25, -0.2) is 4.98 Å². The lowest BCUT2D eigenvalue weighted by Crippen LogP contribution is -2.45. The van der Waals surface area contributed by atoms with E-state index in [-0.39, 0.29) is 0 Å². The second-order valence-corrected chi connectivity index (χ2v) is 4.81. The molecule has 2 N–H and O–H groups in total. The van der Waals surface area contributed by atoms with Crippen LogP contribution in [0.4, 0.5) is 5.82 Å². The fourth-order valence-corrected chi connectivity index (χ4v) is 1.86. The van der Waals surface area contributed by atoms with Gasteiger partial charge in [-0.2, -0.15) is 0 Å². The topological polar surface area (TPSA) is 62.2 Å². The first-order valence-corrected chi connectivity index (χ1v) is 4.86. The fourth-order valence-electron chi connectivity index (χ4n) is 1.86. The SMILES string of the molecule is CC(C)(C)[C@@]1(O)C(=O)Nc2ncccc21. The lowest BCUT2D eigenvalue weighted by molar-refractivity contribution is -0.146. The Balaban J connectivity index is 2.65. The van der Waals surface area contributed by atoms with Gasteiger partial charge >= 0.3 is 0 Å². The minimum Gasteiger partial charge on any atom is -0.375 e. The highest BCUT2D eigenvalue weighted by atomic mass is 16.3. The van der Waals surface area contributed by atoms with Crippen LogP contribution in [0.15, 0.2) is 18.3 Å². The summed E-state index contributed by atoms with van der Waals surface area (Å²) in [6, 6.07) is 3.45. The third-order valence-corrected chi connectivity index (χ3v) is 2.84. The molecular weight excluding hydrogens is 192 g/mol. The molecule has 1 atom stereocenters. The number of amides is 1. The molecule has 0 saturated heterocycles. The van der Waals surface area contributed by atoms with Crippen molar-refractivity contribution >= 4 is 11.7 Å². The summed E-state index contributed by atoms with van der Waals surface area (Å²) in [7, 11) is 0. The van der Waals surface area contributed by atoms with Gasteiger partial charge in [0.15, 0.2) is 5.60 Å². The highest BCUT2D eigenvalue weighted by molar-refractivity contribution is 6.04. The van der Waals surface area contributed by atoms with Crippen LogP contribution in [0.3, 0.4) is 0 Å². The van der Waals surface area contributed by atoms with E-state index in [9.17, 15) is 9.90 Å². The third kappa shape index (κ3) is 1.18. The van der Waals surface area contributed by atoms with Crippen molar-refractivity contribution in [2.75, 3.05) is 5.32 Å². The number of aromatic nitrogens is 1. The molecule has 0 fully saturated rings. The van der Waals surface area contributed by atoms with Crippen molar-refractivity contribution in [3.63, 3.8) is 0 Å². The van der Waals surface area contributed by atoms with Gasteiger partial charge in [0.25, 0.3) is 5.91 Å². The van der Waals surface area contributed by atoms with Crippen molar-refractivity contribution in [2.45, 2.75) is 26.4 Å². The molecule has 1 aliphatic rings. The van der Waals surface area contributed by atoms with Crippen LogP contribution in [0.5, 0.6) is 0 Å². The Bertz CT molecular complexity index is 423. The number of carbonyl (C=O) groups excluding carboxylic acids is 1. The predicted octanol–water partition coefficient (Wildman–Crippen LogP) is 1.27. The molecule has 4 heteroatoms. The van der Waals surface area contributed by atoms with Crippen LogP contribution < -0.4 is 5.32 Å². The molecule has 0 radical (unpaired) electrons. The number of nitrogens with one attached hydrogen (secondary N) is 1. The summed E-state index contributed by atoms with van der Waals surface area (Å²) >= 11 is 0. The molecule has 1 aromatic rings. The molecule has 80 valence electrons. The molecule has 0 saturated carbocycles. The van der Waals surface area contributed by atoms with E-state index in [4.69, 9.17) is 0 Å². The number of hydrogen-bond acceptors (Lipinski definition) is 3. The average Bonchev–Trinajstić information content (AvgIpc) is 2.40. The van der Waals surface area contributed by atoms with Crippen LogP contribution in [-0.4, -0.2) is 16.0 Å². The van der Waals surface area contributed by atoms with Crippen molar-refractivity contribution in [2.24, 2.45) is 5.41 Å². The summed E-state index contributed by atoms with van der Waals surface area (Å²) < 4.78 is 0. The Hall–Kier alpha value is -1.42. The van der Waals surface area contributed by atoms with E-state index < -0.39 is 16.9 Å². The molecule has 2 heterocycles. The molecule has 1 aliphatic heterocycles. The van der Waals surface area contributed by atoms with Crippen molar-refractivity contribution in [1.82, 2.24) is 4.98 Å². The highest BCUT2D eigenvalue weighted by Gasteiger charge is 2.54. The first-order valence-electron chi connectivity index (χ1n) is 4.86. The highest BCUT2D eigenvalue weighted by Crippen LogP contribution is 2.46. The Morgan fingerprint density at radius 3 is 2.73 bits per heavy atom. The van der Waals surface area contributed by atoms with Gasteiger partial charge in [0.2, 0.25) is 0 Å². The fraction of sp³-hybridized carbons (Fsp3) is 0.455. The first-order chi connectivity index (χ1) is 6.87. The minimum absolute atomic E-state index is 0.399. The van der Waals surface area contributed by atoms with Crippen LogP contribution in [-0.2, 0) is 10.4 Å². The summed E-state index contributed by atoms with van der Waals surface area (Å²) in [5.74, 6) is 0.0589. The Labute approximate surface area is 88.3 Å². The zero-order chi connectivity index (χ0) is 11.3. The molecule has 1 amide bonds. The predicted molar refractivity (Wildman–Crippen MR) is 56.2 cm³/mol. The Kier molecular flexibility index (Phi) is 1.88. The zero-order valence-electron chi connectivity index (χ0n) is 9.03. The van der Waals surface area contributed by atoms with E-state index in [1.165, 1.54) is 0 Å². The van der Waals surface area contributed by atoms with Gasteiger partial charge in [0, 0.05) is 17.2 Å². The van der Waals surface area contributed by atoms with Crippen molar-refractivity contribution in [3.05, 3.63) is 23.9 Å². The van der Waals surface area contributed by atoms with Gasteiger partial charge in [-0.05, 0) is 6.07 Å². The quantitative estimate of drug-likeness (QED) is 0.672. The molecule has 4 nitrogen and oxygen atoms in total. The number of rotatable bonds is 0. The van der Waals surface area contributed by atoms with Crippen LogP contribution >= 0.6 is 0 Å². The number of aliphatic hydroxyl groups is 1. The normalized spacial score (nSPS) is 24.9. The van der Waals surface area contributed by atoms with Gasteiger partial charge in [-0.1, -0.05) is 26.8 Å². The maximum absolute atomic E-state index is 11.8. The van der Waals surface area contributed by atoms with E-state index in [2.05, 4.69) is 10.3 Å². The number of fused-ring (bicyclic) bond motifs is 1. The molecule has 2 rings (SSSR count). The van der Waals surface area contributed by atoms with E-state index in [1.54, 1.807) is 18.3 Å². The molecule has 0 aliphatic carbocycles.